The zero-order valence-corrected chi connectivity index (χ0v) is 14.4. The molecule has 0 unspecified atom stereocenters. The normalized spacial score (nSPS) is 15.5. The van der Waals surface area contributed by atoms with E-state index in [1.54, 1.807) is 0 Å². The smallest absolute Gasteiger partial charge is 0.316 e. The maximum Gasteiger partial charge on any atom is 0.316 e. The maximum absolute atomic E-state index is 5.97. The number of nitrogens with zero attached hydrogens (tertiary/aromatic N) is 4. The summed E-state index contributed by atoms with van der Waals surface area (Å²) in [4.78, 5) is 15.5. The third-order valence-electron chi connectivity index (χ3n) is 4.77. The molecule has 128 valence electrons. The fraction of sp³-hybridized carbons (Fsp3) is 0.350. The maximum atomic E-state index is 5.97. The summed E-state index contributed by atoms with van der Waals surface area (Å²) in [5.74, 6) is 0. The van der Waals surface area contributed by atoms with Gasteiger partial charge in [-0.15, -0.1) is 0 Å². The molecule has 0 amide bonds. The van der Waals surface area contributed by atoms with Gasteiger partial charge in [-0.05, 0) is 24.1 Å². The summed E-state index contributed by atoms with van der Waals surface area (Å²) < 4.78 is 5.97. The SMILES string of the molecule is CCc1cnc(OC2CCN(c3ccnc4ccccc34)CC2)nc1. The van der Waals surface area contributed by atoms with Gasteiger partial charge in [0.2, 0.25) is 0 Å². The molecule has 5 heteroatoms. The van der Waals surface area contributed by atoms with Crippen LogP contribution in [0.5, 0.6) is 6.01 Å². The topological polar surface area (TPSA) is 51.1 Å². The van der Waals surface area contributed by atoms with Crippen molar-refractivity contribution in [2.45, 2.75) is 32.3 Å². The van der Waals surface area contributed by atoms with Gasteiger partial charge < -0.3 is 9.64 Å². The van der Waals surface area contributed by atoms with Crippen LogP contribution in [0, 0.1) is 0 Å². The van der Waals surface area contributed by atoms with Crippen LogP contribution < -0.4 is 9.64 Å². The zero-order valence-electron chi connectivity index (χ0n) is 14.4. The molecule has 0 saturated carbocycles. The quantitative estimate of drug-likeness (QED) is 0.729. The number of aromatic nitrogens is 3. The Labute approximate surface area is 147 Å². The van der Waals surface area contributed by atoms with E-state index in [0.717, 1.165) is 43.4 Å². The molecule has 0 spiro atoms. The van der Waals surface area contributed by atoms with Crippen molar-refractivity contribution >= 4 is 16.6 Å². The Morgan fingerprint density at radius 1 is 1.04 bits per heavy atom. The van der Waals surface area contributed by atoms with Crippen LogP contribution in [0.1, 0.15) is 25.3 Å². The molecule has 3 aromatic rings. The summed E-state index contributed by atoms with van der Waals surface area (Å²) in [6, 6.07) is 10.9. The molecule has 2 aromatic heterocycles. The first kappa shape index (κ1) is 15.8. The number of hydrogen-bond acceptors (Lipinski definition) is 5. The number of piperidine rings is 1. The summed E-state index contributed by atoms with van der Waals surface area (Å²) in [5, 5.41) is 1.21. The lowest BCUT2D eigenvalue weighted by molar-refractivity contribution is 0.156. The van der Waals surface area contributed by atoms with Gasteiger partial charge in [0.1, 0.15) is 6.10 Å². The highest BCUT2D eigenvalue weighted by Crippen LogP contribution is 2.28. The van der Waals surface area contributed by atoms with Crippen molar-refractivity contribution in [3.05, 3.63) is 54.5 Å². The largest absolute Gasteiger partial charge is 0.460 e. The van der Waals surface area contributed by atoms with Gasteiger partial charge in [-0.1, -0.05) is 25.1 Å². The number of pyridine rings is 1. The van der Waals surface area contributed by atoms with Gasteiger partial charge in [0.15, 0.2) is 0 Å². The number of rotatable bonds is 4. The molecule has 1 aromatic carbocycles. The summed E-state index contributed by atoms with van der Waals surface area (Å²) in [5.41, 5.74) is 3.43. The molecule has 0 radical (unpaired) electrons. The Bertz CT molecular complexity index is 836. The van der Waals surface area contributed by atoms with Crippen molar-refractivity contribution in [1.82, 2.24) is 15.0 Å². The predicted molar refractivity (Wildman–Crippen MR) is 99.0 cm³/mol. The molecule has 25 heavy (non-hydrogen) atoms. The number of para-hydroxylation sites is 1. The Morgan fingerprint density at radius 3 is 2.56 bits per heavy atom. The van der Waals surface area contributed by atoms with Gasteiger partial charge in [0, 0.05) is 55.6 Å². The highest BCUT2D eigenvalue weighted by Gasteiger charge is 2.22. The zero-order chi connectivity index (χ0) is 17.1. The number of hydrogen-bond donors (Lipinski definition) is 0. The molecule has 0 bridgehead atoms. The lowest BCUT2D eigenvalue weighted by Crippen LogP contribution is -2.38. The van der Waals surface area contributed by atoms with Gasteiger partial charge in [-0.3, -0.25) is 4.98 Å². The summed E-state index contributed by atoms with van der Waals surface area (Å²) in [6.07, 6.45) is 8.64. The average molecular weight is 334 g/mol. The van der Waals surface area contributed by atoms with E-state index >= 15 is 0 Å². The number of ether oxygens (including phenoxy) is 1. The molecule has 1 aliphatic heterocycles. The minimum absolute atomic E-state index is 0.178. The first-order valence-corrected chi connectivity index (χ1v) is 8.90. The highest BCUT2D eigenvalue weighted by molar-refractivity contribution is 5.91. The van der Waals surface area contributed by atoms with Crippen molar-refractivity contribution < 1.29 is 4.74 Å². The first-order chi connectivity index (χ1) is 12.3. The average Bonchev–Trinajstić information content (AvgIpc) is 2.69. The van der Waals surface area contributed by atoms with Crippen molar-refractivity contribution in [1.29, 1.82) is 0 Å². The molecule has 0 atom stereocenters. The third kappa shape index (κ3) is 3.40. The van der Waals surface area contributed by atoms with Crippen LogP contribution in [0.2, 0.25) is 0 Å². The summed E-state index contributed by atoms with van der Waals surface area (Å²) in [7, 11) is 0. The summed E-state index contributed by atoms with van der Waals surface area (Å²) >= 11 is 0. The van der Waals surface area contributed by atoms with Crippen molar-refractivity contribution in [3.8, 4) is 6.01 Å². The molecule has 4 rings (SSSR count). The minimum Gasteiger partial charge on any atom is -0.460 e. The Hall–Kier alpha value is -2.69. The monoisotopic (exact) mass is 334 g/mol. The van der Waals surface area contributed by atoms with Crippen molar-refractivity contribution in [3.63, 3.8) is 0 Å². The van der Waals surface area contributed by atoms with Crippen molar-refractivity contribution in [2.24, 2.45) is 0 Å². The van der Waals surface area contributed by atoms with E-state index in [0.29, 0.717) is 6.01 Å². The van der Waals surface area contributed by atoms with Gasteiger partial charge in [-0.2, -0.15) is 0 Å². The van der Waals surface area contributed by atoms with Crippen LogP contribution >= 0.6 is 0 Å². The van der Waals surface area contributed by atoms with Crippen LogP contribution in [-0.2, 0) is 6.42 Å². The van der Waals surface area contributed by atoms with E-state index in [1.165, 1.54) is 11.1 Å². The molecular weight excluding hydrogens is 312 g/mol. The van der Waals surface area contributed by atoms with E-state index in [-0.39, 0.29) is 6.10 Å². The number of aryl methyl sites for hydroxylation is 1. The lowest BCUT2D eigenvalue weighted by Gasteiger charge is -2.33. The standard InChI is InChI=1S/C20H22N4O/c1-2-15-13-22-20(23-14-15)25-16-8-11-24(12-9-16)19-7-10-21-18-6-4-3-5-17(18)19/h3-7,10,13-14,16H,2,8-9,11-12H2,1H3. The number of anilines is 1. The number of benzene rings is 1. The molecule has 1 fully saturated rings. The second-order valence-electron chi connectivity index (χ2n) is 6.38. The van der Waals surface area contributed by atoms with Gasteiger partial charge in [-0.25, -0.2) is 9.97 Å². The molecular formula is C20H22N4O. The molecule has 0 aliphatic carbocycles. The first-order valence-electron chi connectivity index (χ1n) is 8.90. The van der Waals surface area contributed by atoms with Gasteiger partial charge >= 0.3 is 6.01 Å². The second-order valence-corrected chi connectivity index (χ2v) is 6.38. The van der Waals surface area contributed by atoms with Crippen LogP contribution in [0.25, 0.3) is 10.9 Å². The van der Waals surface area contributed by atoms with Crippen molar-refractivity contribution in [2.75, 3.05) is 18.0 Å². The summed E-state index contributed by atoms with van der Waals surface area (Å²) in [6.45, 7) is 4.02. The number of fused-ring (bicyclic) bond motifs is 1. The Kier molecular flexibility index (Phi) is 4.46. The molecule has 5 nitrogen and oxygen atoms in total. The van der Waals surface area contributed by atoms with E-state index in [4.69, 9.17) is 4.74 Å². The molecule has 3 heterocycles. The van der Waals surface area contributed by atoms with Crippen LogP contribution in [-0.4, -0.2) is 34.1 Å². The van der Waals surface area contributed by atoms with Crippen LogP contribution in [0.15, 0.2) is 48.9 Å². The Morgan fingerprint density at radius 2 is 1.80 bits per heavy atom. The van der Waals surface area contributed by atoms with E-state index in [2.05, 4.69) is 51.0 Å². The van der Waals surface area contributed by atoms with Crippen LogP contribution in [0.4, 0.5) is 5.69 Å². The van der Waals surface area contributed by atoms with Gasteiger partial charge in [0.05, 0.1) is 5.52 Å². The fourth-order valence-corrected chi connectivity index (χ4v) is 3.31. The third-order valence-corrected chi connectivity index (χ3v) is 4.77. The van der Waals surface area contributed by atoms with E-state index in [1.807, 2.05) is 24.7 Å². The minimum atomic E-state index is 0.178. The molecule has 1 aliphatic rings. The molecule has 0 N–H and O–H groups in total. The van der Waals surface area contributed by atoms with E-state index < -0.39 is 0 Å². The Balaban J connectivity index is 1.42. The lowest BCUT2D eigenvalue weighted by atomic mass is 10.1. The highest BCUT2D eigenvalue weighted by atomic mass is 16.5. The van der Waals surface area contributed by atoms with E-state index in [9.17, 15) is 0 Å². The van der Waals surface area contributed by atoms with Crippen LogP contribution in [0.3, 0.4) is 0 Å². The van der Waals surface area contributed by atoms with Gasteiger partial charge in [0.25, 0.3) is 0 Å². The molecule has 1 saturated heterocycles. The predicted octanol–water partition coefficient (Wildman–Crippen LogP) is 3.64. The second kappa shape index (κ2) is 7.05. The fourth-order valence-electron chi connectivity index (χ4n) is 3.31.